The maximum Gasteiger partial charge on any atom is 0.338 e. The lowest BCUT2D eigenvalue weighted by Gasteiger charge is -2.30. The van der Waals surface area contributed by atoms with Crippen molar-refractivity contribution in [2.45, 2.75) is 52.0 Å². The second-order valence-electron chi connectivity index (χ2n) is 7.14. The summed E-state index contributed by atoms with van der Waals surface area (Å²) in [6.07, 6.45) is 5.88. The normalized spacial score (nSPS) is 20.7. The highest BCUT2D eigenvalue weighted by molar-refractivity contribution is 5.95. The van der Waals surface area contributed by atoms with Crippen molar-refractivity contribution in [1.29, 1.82) is 0 Å². The quantitative estimate of drug-likeness (QED) is 0.744. The van der Waals surface area contributed by atoms with E-state index in [1.165, 1.54) is 19.3 Å². The number of esters is 1. The third-order valence-corrected chi connectivity index (χ3v) is 5.19. The van der Waals surface area contributed by atoms with Gasteiger partial charge in [0.2, 0.25) is 0 Å². The molecular weight excluding hydrogens is 344 g/mol. The first-order valence-electron chi connectivity index (χ1n) is 9.77. The van der Waals surface area contributed by atoms with Gasteiger partial charge in [-0.2, -0.15) is 0 Å². The molecule has 1 atom stereocenters. The molecule has 1 saturated carbocycles. The van der Waals surface area contributed by atoms with Crippen molar-refractivity contribution in [3.63, 3.8) is 0 Å². The number of amides is 2. The highest BCUT2D eigenvalue weighted by Gasteiger charge is 2.34. The van der Waals surface area contributed by atoms with Gasteiger partial charge in [-0.15, -0.1) is 0 Å². The van der Waals surface area contributed by atoms with E-state index in [0.717, 1.165) is 18.4 Å². The lowest BCUT2D eigenvalue weighted by Crippen LogP contribution is -2.45. The Morgan fingerprint density at radius 3 is 2.67 bits per heavy atom. The van der Waals surface area contributed by atoms with E-state index in [9.17, 15) is 9.59 Å². The van der Waals surface area contributed by atoms with E-state index in [2.05, 4.69) is 10.6 Å². The van der Waals surface area contributed by atoms with Crippen LogP contribution in [0.4, 0.5) is 4.79 Å². The van der Waals surface area contributed by atoms with Crippen molar-refractivity contribution in [2.75, 3.05) is 13.2 Å². The molecule has 0 saturated heterocycles. The first kappa shape index (κ1) is 19.3. The molecule has 1 unspecified atom stereocenters. The van der Waals surface area contributed by atoms with Gasteiger partial charge in [-0.25, -0.2) is 9.59 Å². The number of rotatable bonds is 6. The predicted molar refractivity (Wildman–Crippen MR) is 102 cm³/mol. The Hall–Kier alpha value is -2.50. The van der Waals surface area contributed by atoms with Crippen LogP contribution in [-0.4, -0.2) is 25.2 Å². The van der Waals surface area contributed by atoms with Crippen LogP contribution in [0, 0.1) is 5.92 Å². The van der Waals surface area contributed by atoms with Crippen LogP contribution < -0.4 is 15.4 Å². The fourth-order valence-corrected chi connectivity index (χ4v) is 3.83. The fraction of sp³-hybridized carbons (Fsp3) is 0.524. The molecular formula is C21H28N2O4. The minimum atomic E-state index is -0.597. The van der Waals surface area contributed by atoms with E-state index < -0.39 is 6.04 Å². The van der Waals surface area contributed by atoms with Crippen LogP contribution in [0.5, 0.6) is 5.75 Å². The summed E-state index contributed by atoms with van der Waals surface area (Å²) in [4.78, 5) is 24.9. The summed E-state index contributed by atoms with van der Waals surface area (Å²) in [5.74, 6) is 0.698. The Labute approximate surface area is 160 Å². The maximum atomic E-state index is 12.9. The molecule has 1 aliphatic heterocycles. The number of para-hydroxylation sites is 1. The van der Waals surface area contributed by atoms with Gasteiger partial charge in [0, 0.05) is 11.3 Å². The van der Waals surface area contributed by atoms with Crippen LogP contribution in [0.2, 0.25) is 0 Å². The van der Waals surface area contributed by atoms with Gasteiger partial charge in [0.25, 0.3) is 0 Å². The average molecular weight is 372 g/mol. The molecule has 1 aromatic rings. The number of benzene rings is 1. The summed E-state index contributed by atoms with van der Waals surface area (Å²) in [7, 11) is 0. The summed E-state index contributed by atoms with van der Waals surface area (Å²) in [5, 5.41) is 5.53. The SMILES string of the molecule is CCOc1ccccc1C1NC(=O)NC(C)=C1C(=O)OCC1CCCCC1. The van der Waals surface area contributed by atoms with Crippen molar-refractivity contribution in [1.82, 2.24) is 10.6 Å². The van der Waals surface area contributed by atoms with Crippen LogP contribution in [-0.2, 0) is 9.53 Å². The third kappa shape index (κ3) is 4.62. The van der Waals surface area contributed by atoms with Gasteiger partial charge in [0.15, 0.2) is 0 Å². The number of urea groups is 1. The summed E-state index contributed by atoms with van der Waals surface area (Å²) in [5.41, 5.74) is 1.69. The molecule has 2 aliphatic rings. The molecule has 2 amide bonds. The molecule has 1 heterocycles. The summed E-state index contributed by atoms with van der Waals surface area (Å²) < 4.78 is 11.3. The molecule has 0 radical (unpaired) electrons. The summed E-state index contributed by atoms with van der Waals surface area (Å²) in [6, 6.07) is 6.51. The average Bonchev–Trinajstić information content (AvgIpc) is 2.67. The van der Waals surface area contributed by atoms with Crippen LogP contribution >= 0.6 is 0 Å². The van der Waals surface area contributed by atoms with E-state index in [4.69, 9.17) is 9.47 Å². The van der Waals surface area contributed by atoms with Crippen LogP contribution in [0.15, 0.2) is 35.5 Å². The summed E-state index contributed by atoms with van der Waals surface area (Å²) in [6.45, 7) is 4.56. The highest BCUT2D eigenvalue weighted by Crippen LogP contribution is 2.34. The van der Waals surface area contributed by atoms with Gasteiger partial charge in [-0.1, -0.05) is 37.5 Å². The number of nitrogens with one attached hydrogen (secondary N) is 2. The second kappa shape index (κ2) is 8.93. The Morgan fingerprint density at radius 1 is 1.19 bits per heavy atom. The van der Waals surface area contributed by atoms with Crippen molar-refractivity contribution in [2.24, 2.45) is 5.92 Å². The molecule has 27 heavy (non-hydrogen) atoms. The van der Waals surface area contributed by atoms with E-state index in [0.29, 0.717) is 36.2 Å². The third-order valence-electron chi connectivity index (χ3n) is 5.19. The highest BCUT2D eigenvalue weighted by atomic mass is 16.5. The predicted octanol–water partition coefficient (Wildman–Crippen LogP) is 3.84. The zero-order chi connectivity index (χ0) is 19.2. The number of carbonyl (C=O) groups excluding carboxylic acids is 2. The molecule has 0 aromatic heterocycles. The standard InChI is InChI=1S/C21H28N2O4/c1-3-26-17-12-8-7-11-16(17)19-18(14(2)22-21(25)23-19)20(24)27-13-15-9-5-4-6-10-15/h7-8,11-12,15,19H,3-6,9-10,13H2,1-2H3,(H2,22,23,25). The number of hydrogen-bond acceptors (Lipinski definition) is 4. The zero-order valence-corrected chi connectivity index (χ0v) is 16.0. The van der Waals surface area contributed by atoms with Gasteiger partial charge in [-0.3, -0.25) is 0 Å². The molecule has 0 spiro atoms. The molecule has 6 heteroatoms. The molecule has 1 aliphatic carbocycles. The number of ether oxygens (including phenoxy) is 2. The molecule has 3 rings (SSSR count). The maximum absolute atomic E-state index is 12.9. The van der Waals surface area contributed by atoms with Gasteiger partial charge in [0.05, 0.1) is 24.8 Å². The van der Waals surface area contributed by atoms with Gasteiger partial charge < -0.3 is 20.1 Å². The van der Waals surface area contributed by atoms with Crippen molar-refractivity contribution >= 4 is 12.0 Å². The van der Waals surface area contributed by atoms with E-state index in [1.54, 1.807) is 6.92 Å². The number of hydrogen-bond donors (Lipinski definition) is 2. The molecule has 1 fully saturated rings. The Balaban J connectivity index is 1.82. The summed E-state index contributed by atoms with van der Waals surface area (Å²) >= 11 is 0. The monoisotopic (exact) mass is 372 g/mol. The zero-order valence-electron chi connectivity index (χ0n) is 16.0. The van der Waals surface area contributed by atoms with Crippen LogP contribution in [0.3, 0.4) is 0 Å². The lowest BCUT2D eigenvalue weighted by molar-refractivity contribution is -0.141. The number of carbonyl (C=O) groups is 2. The molecule has 1 aromatic carbocycles. The van der Waals surface area contributed by atoms with Gasteiger partial charge in [0.1, 0.15) is 5.75 Å². The Bertz CT molecular complexity index is 723. The van der Waals surface area contributed by atoms with Crippen LogP contribution in [0.25, 0.3) is 0 Å². The van der Waals surface area contributed by atoms with E-state index in [1.807, 2.05) is 31.2 Å². The Kier molecular flexibility index (Phi) is 6.37. The van der Waals surface area contributed by atoms with Crippen molar-refractivity contribution in [3.05, 3.63) is 41.1 Å². The largest absolute Gasteiger partial charge is 0.494 e. The lowest BCUT2D eigenvalue weighted by atomic mass is 9.90. The minimum absolute atomic E-state index is 0.340. The van der Waals surface area contributed by atoms with Crippen molar-refractivity contribution < 1.29 is 19.1 Å². The molecule has 0 bridgehead atoms. The smallest absolute Gasteiger partial charge is 0.338 e. The topological polar surface area (TPSA) is 76.7 Å². The van der Waals surface area contributed by atoms with E-state index >= 15 is 0 Å². The first-order valence-corrected chi connectivity index (χ1v) is 9.77. The van der Waals surface area contributed by atoms with Crippen molar-refractivity contribution in [3.8, 4) is 5.75 Å². The second-order valence-corrected chi connectivity index (χ2v) is 7.14. The molecule has 6 nitrogen and oxygen atoms in total. The van der Waals surface area contributed by atoms with Gasteiger partial charge in [-0.05, 0) is 38.7 Å². The number of allylic oxidation sites excluding steroid dienone is 1. The van der Waals surface area contributed by atoms with Crippen LogP contribution in [0.1, 0.15) is 57.6 Å². The van der Waals surface area contributed by atoms with E-state index in [-0.39, 0.29) is 12.0 Å². The Morgan fingerprint density at radius 2 is 1.93 bits per heavy atom. The minimum Gasteiger partial charge on any atom is -0.494 e. The molecule has 2 N–H and O–H groups in total. The van der Waals surface area contributed by atoms with Gasteiger partial charge >= 0.3 is 12.0 Å². The first-order chi connectivity index (χ1) is 13.1. The fourth-order valence-electron chi connectivity index (χ4n) is 3.83. The molecule has 146 valence electrons.